The number of nitriles is 1. The van der Waals surface area contributed by atoms with E-state index in [9.17, 15) is 18.0 Å². The van der Waals surface area contributed by atoms with Gasteiger partial charge in [-0.2, -0.15) is 18.4 Å². The van der Waals surface area contributed by atoms with Crippen molar-refractivity contribution in [3.63, 3.8) is 0 Å². The normalized spacial score (nSPS) is 12.6. The van der Waals surface area contributed by atoms with E-state index >= 15 is 0 Å². The van der Waals surface area contributed by atoms with E-state index in [4.69, 9.17) is 5.26 Å². The van der Waals surface area contributed by atoms with Gasteiger partial charge in [0.1, 0.15) is 5.92 Å². The number of alkyl halides is 3. The van der Waals surface area contributed by atoms with E-state index in [1.807, 2.05) is 13.0 Å². The zero-order valence-corrected chi connectivity index (χ0v) is 11.2. The molecule has 20 heavy (non-hydrogen) atoms. The van der Waals surface area contributed by atoms with Gasteiger partial charge < -0.3 is 5.32 Å². The van der Waals surface area contributed by atoms with Gasteiger partial charge in [-0.1, -0.05) is 19.4 Å². The molecule has 1 aromatic rings. The highest BCUT2D eigenvalue weighted by molar-refractivity contribution is 5.94. The van der Waals surface area contributed by atoms with Crippen molar-refractivity contribution in [1.29, 1.82) is 5.26 Å². The number of anilines is 1. The molecule has 1 amide bonds. The molecule has 6 heteroatoms. The monoisotopic (exact) mass is 284 g/mol. The fraction of sp³-hybridized carbons (Fsp3) is 0.429. The first kappa shape index (κ1) is 16.0. The summed E-state index contributed by atoms with van der Waals surface area (Å²) < 4.78 is 38.2. The van der Waals surface area contributed by atoms with Crippen molar-refractivity contribution in [2.24, 2.45) is 5.92 Å². The van der Waals surface area contributed by atoms with Gasteiger partial charge in [-0.05, 0) is 31.0 Å². The second kappa shape index (κ2) is 6.42. The Kier molecular flexibility index (Phi) is 5.14. The molecular formula is C14H15F3N2O. The molecule has 0 spiro atoms. The number of hydrogen-bond acceptors (Lipinski definition) is 2. The third-order valence-electron chi connectivity index (χ3n) is 2.86. The van der Waals surface area contributed by atoms with Crippen LogP contribution in [0.2, 0.25) is 0 Å². The number of aryl methyl sites for hydroxylation is 1. The Morgan fingerprint density at radius 1 is 1.45 bits per heavy atom. The van der Waals surface area contributed by atoms with Gasteiger partial charge >= 0.3 is 6.18 Å². The van der Waals surface area contributed by atoms with Crippen LogP contribution in [0.5, 0.6) is 0 Å². The van der Waals surface area contributed by atoms with Crippen LogP contribution in [0.3, 0.4) is 0 Å². The van der Waals surface area contributed by atoms with E-state index in [0.717, 1.165) is 6.07 Å². The summed E-state index contributed by atoms with van der Waals surface area (Å²) in [6, 6.07) is 5.41. The van der Waals surface area contributed by atoms with Crippen LogP contribution in [0, 0.1) is 24.2 Å². The summed E-state index contributed by atoms with van der Waals surface area (Å²) in [5.74, 6) is -1.43. The summed E-state index contributed by atoms with van der Waals surface area (Å²) in [5, 5.41) is 11.2. The van der Waals surface area contributed by atoms with Gasteiger partial charge in [-0.15, -0.1) is 0 Å². The molecule has 0 fully saturated rings. The quantitative estimate of drug-likeness (QED) is 0.911. The molecule has 0 aliphatic carbocycles. The smallest absolute Gasteiger partial charge is 0.325 e. The molecule has 0 radical (unpaired) electrons. The van der Waals surface area contributed by atoms with E-state index in [1.54, 1.807) is 0 Å². The molecule has 108 valence electrons. The van der Waals surface area contributed by atoms with Crippen LogP contribution >= 0.6 is 0 Å². The van der Waals surface area contributed by atoms with Crippen molar-refractivity contribution in [2.45, 2.75) is 32.9 Å². The molecule has 1 unspecified atom stereocenters. The van der Waals surface area contributed by atoms with Gasteiger partial charge in [0.25, 0.3) is 0 Å². The van der Waals surface area contributed by atoms with Crippen LogP contribution in [0.25, 0.3) is 0 Å². The fourth-order valence-corrected chi connectivity index (χ4v) is 1.78. The molecule has 0 saturated carbocycles. The Bertz CT molecular complexity index is 532. The summed E-state index contributed by atoms with van der Waals surface area (Å²) >= 11 is 0. The summed E-state index contributed by atoms with van der Waals surface area (Å²) in [5.41, 5.74) is -0.663. The number of carbonyl (C=O) groups is 1. The van der Waals surface area contributed by atoms with E-state index in [0.29, 0.717) is 12.8 Å². The SMILES string of the molecule is CCCC(C#N)C(=O)Nc1ccc(C)c(C(F)(F)F)c1. The van der Waals surface area contributed by atoms with E-state index in [-0.39, 0.29) is 11.3 Å². The number of amides is 1. The zero-order chi connectivity index (χ0) is 15.3. The molecule has 0 heterocycles. The first-order valence-electron chi connectivity index (χ1n) is 6.18. The first-order valence-corrected chi connectivity index (χ1v) is 6.18. The van der Waals surface area contributed by atoms with Crippen LogP contribution in [0.4, 0.5) is 18.9 Å². The maximum Gasteiger partial charge on any atom is 0.416 e. The number of benzene rings is 1. The molecule has 1 rings (SSSR count). The average molecular weight is 284 g/mol. The first-order chi connectivity index (χ1) is 9.29. The van der Waals surface area contributed by atoms with Gasteiger partial charge in [0.2, 0.25) is 5.91 Å². The molecule has 0 aliphatic rings. The Balaban J connectivity index is 2.94. The second-order valence-electron chi connectivity index (χ2n) is 4.49. The third kappa shape index (κ3) is 3.98. The third-order valence-corrected chi connectivity index (χ3v) is 2.86. The van der Waals surface area contributed by atoms with Crippen molar-refractivity contribution in [3.05, 3.63) is 29.3 Å². The predicted octanol–water partition coefficient (Wildman–Crippen LogP) is 3.89. The highest BCUT2D eigenvalue weighted by Crippen LogP contribution is 2.33. The molecule has 1 N–H and O–H groups in total. The number of rotatable bonds is 4. The molecule has 0 aliphatic heterocycles. The van der Waals surface area contributed by atoms with Crippen LogP contribution in [0.15, 0.2) is 18.2 Å². The minimum absolute atomic E-state index is 0.0456. The van der Waals surface area contributed by atoms with Gasteiger partial charge in [-0.3, -0.25) is 4.79 Å². The lowest BCUT2D eigenvalue weighted by molar-refractivity contribution is -0.138. The maximum absolute atomic E-state index is 12.7. The lowest BCUT2D eigenvalue weighted by Crippen LogP contribution is -2.21. The van der Waals surface area contributed by atoms with Crippen LogP contribution in [0.1, 0.15) is 30.9 Å². The topological polar surface area (TPSA) is 52.9 Å². The van der Waals surface area contributed by atoms with Crippen molar-refractivity contribution >= 4 is 11.6 Å². The molecule has 3 nitrogen and oxygen atoms in total. The summed E-state index contributed by atoms with van der Waals surface area (Å²) in [7, 11) is 0. The Morgan fingerprint density at radius 3 is 2.60 bits per heavy atom. The lowest BCUT2D eigenvalue weighted by atomic mass is 10.0. The minimum Gasteiger partial charge on any atom is -0.325 e. The number of hydrogen-bond donors (Lipinski definition) is 1. The summed E-state index contributed by atoms with van der Waals surface area (Å²) in [6.45, 7) is 3.18. The van der Waals surface area contributed by atoms with Gasteiger partial charge in [-0.25, -0.2) is 0 Å². The van der Waals surface area contributed by atoms with Crippen molar-refractivity contribution in [1.82, 2.24) is 0 Å². The Labute approximate surface area is 115 Å². The molecule has 1 aromatic carbocycles. The largest absolute Gasteiger partial charge is 0.416 e. The van der Waals surface area contributed by atoms with E-state index in [2.05, 4.69) is 5.32 Å². The molecule has 0 bridgehead atoms. The second-order valence-corrected chi connectivity index (χ2v) is 4.49. The zero-order valence-electron chi connectivity index (χ0n) is 11.2. The summed E-state index contributed by atoms with van der Waals surface area (Å²) in [6.07, 6.45) is -3.45. The predicted molar refractivity (Wildman–Crippen MR) is 68.8 cm³/mol. The highest BCUT2D eigenvalue weighted by atomic mass is 19.4. The molecule has 0 saturated heterocycles. The maximum atomic E-state index is 12.7. The standard InChI is InChI=1S/C14H15F3N2O/c1-3-4-10(8-18)13(20)19-11-6-5-9(2)12(7-11)14(15,16)17/h5-7,10H,3-4H2,1-2H3,(H,19,20). The number of nitrogens with one attached hydrogen (secondary N) is 1. The van der Waals surface area contributed by atoms with Crippen LogP contribution in [-0.2, 0) is 11.0 Å². The number of nitrogens with zero attached hydrogens (tertiary/aromatic N) is 1. The van der Waals surface area contributed by atoms with E-state index in [1.165, 1.54) is 19.1 Å². The van der Waals surface area contributed by atoms with Crippen LogP contribution < -0.4 is 5.32 Å². The van der Waals surface area contributed by atoms with Crippen molar-refractivity contribution in [2.75, 3.05) is 5.32 Å². The Hall–Kier alpha value is -2.03. The van der Waals surface area contributed by atoms with E-state index < -0.39 is 23.6 Å². The van der Waals surface area contributed by atoms with Crippen molar-refractivity contribution < 1.29 is 18.0 Å². The van der Waals surface area contributed by atoms with Gasteiger partial charge in [0, 0.05) is 5.69 Å². The highest BCUT2D eigenvalue weighted by Gasteiger charge is 2.32. The van der Waals surface area contributed by atoms with Crippen LogP contribution in [-0.4, -0.2) is 5.91 Å². The Morgan fingerprint density at radius 2 is 2.10 bits per heavy atom. The van der Waals surface area contributed by atoms with Crippen molar-refractivity contribution in [3.8, 4) is 6.07 Å². The van der Waals surface area contributed by atoms with Gasteiger partial charge in [0.05, 0.1) is 11.6 Å². The number of carbonyl (C=O) groups excluding carboxylic acids is 1. The molecular weight excluding hydrogens is 269 g/mol. The minimum atomic E-state index is -4.47. The molecule has 0 aromatic heterocycles. The number of halogens is 3. The molecule has 1 atom stereocenters. The lowest BCUT2D eigenvalue weighted by Gasteiger charge is -2.14. The fourth-order valence-electron chi connectivity index (χ4n) is 1.78. The summed E-state index contributed by atoms with van der Waals surface area (Å²) in [4.78, 5) is 11.8. The van der Waals surface area contributed by atoms with Gasteiger partial charge in [0.15, 0.2) is 0 Å². The average Bonchev–Trinajstić information content (AvgIpc) is 2.36.